The smallest absolute Gasteiger partial charge is 0.240 e. The van der Waals surface area contributed by atoms with Crippen LogP contribution in [0.15, 0.2) is 29.2 Å². The van der Waals surface area contributed by atoms with Crippen LogP contribution in [0.5, 0.6) is 0 Å². The van der Waals surface area contributed by atoms with Crippen molar-refractivity contribution in [3.8, 4) is 0 Å². The second kappa shape index (κ2) is 8.17. The van der Waals surface area contributed by atoms with Gasteiger partial charge in [0.2, 0.25) is 16.0 Å². The number of fused-ring (bicyclic) bond motifs is 1. The van der Waals surface area contributed by atoms with Gasteiger partial charge in [0, 0.05) is 18.8 Å². The van der Waals surface area contributed by atoms with Crippen molar-refractivity contribution >= 4 is 16.0 Å². The first kappa shape index (κ1) is 19.3. The lowest BCUT2D eigenvalue weighted by Gasteiger charge is -2.27. The Morgan fingerprint density at radius 2 is 1.71 bits per heavy atom. The topological polar surface area (TPSA) is 75.2 Å². The van der Waals surface area contributed by atoms with E-state index in [2.05, 4.69) is 19.6 Å². The molecule has 150 valence electrons. The van der Waals surface area contributed by atoms with Gasteiger partial charge in [-0.05, 0) is 81.2 Å². The number of hydrogen-bond donors (Lipinski definition) is 1. The van der Waals surface area contributed by atoms with Gasteiger partial charge in [0.15, 0.2) is 0 Å². The maximum atomic E-state index is 12.8. The second-order valence-corrected chi connectivity index (χ2v) is 9.58. The van der Waals surface area contributed by atoms with Crippen LogP contribution in [0.3, 0.4) is 0 Å². The lowest BCUT2D eigenvalue weighted by molar-refractivity contribution is 0.565. The third kappa shape index (κ3) is 4.36. The molecule has 1 aliphatic carbocycles. The van der Waals surface area contributed by atoms with E-state index in [1.807, 2.05) is 25.1 Å². The Kier molecular flexibility index (Phi) is 5.64. The normalized spacial score (nSPS) is 17.4. The van der Waals surface area contributed by atoms with Crippen molar-refractivity contribution in [2.45, 2.75) is 63.3 Å². The molecule has 7 heteroatoms. The van der Waals surface area contributed by atoms with Crippen LogP contribution in [0.25, 0.3) is 0 Å². The zero-order valence-electron chi connectivity index (χ0n) is 16.4. The first-order chi connectivity index (χ1) is 13.5. The third-order valence-corrected chi connectivity index (χ3v) is 7.01. The fourth-order valence-electron chi connectivity index (χ4n) is 4.07. The molecule has 4 rings (SSSR count). The molecule has 2 aliphatic rings. The summed E-state index contributed by atoms with van der Waals surface area (Å²) >= 11 is 0. The molecule has 0 amide bonds. The van der Waals surface area contributed by atoms with Gasteiger partial charge in [-0.25, -0.2) is 23.1 Å². The summed E-state index contributed by atoms with van der Waals surface area (Å²) in [6.07, 6.45) is 7.86. The van der Waals surface area contributed by atoms with Gasteiger partial charge in [-0.2, -0.15) is 0 Å². The van der Waals surface area contributed by atoms with E-state index in [4.69, 9.17) is 0 Å². The standard InChI is InChI=1S/C21H28N4O2S/c1-16-13-19(24-21(23-16)25-11-5-2-6-12-25)15-22-28(26,27)20-10-9-17-7-3-4-8-18(17)14-20/h9-10,13-14,22H,2-8,11-12,15H2,1H3. The van der Waals surface area contributed by atoms with Crippen LogP contribution in [0.2, 0.25) is 0 Å². The molecule has 0 saturated carbocycles. The van der Waals surface area contributed by atoms with Gasteiger partial charge >= 0.3 is 0 Å². The van der Waals surface area contributed by atoms with Gasteiger partial charge in [-0.1, -0.05) is 6.07 Å². The third-order valence-electron chi connectivity index (χ3n) is 5.61. The van der Waals surface area contributed by atoms with Crippen molar-refractivity contribution in [1.82, 2.24) is 14.7 Å². The lowest BCUT2D eigenvalue weighted by Crippen LogP contribution is -2.32. The molecule has 1 aromatic heterocycles. The van der Waals surface area contributed by atoms with Gasteiger partial charge < -0.3 is 4.90 Å². The molecule has 1 aliphatic heterocycles. The summed E-state index contributed by atoms with van der Waals surface area (Å²) in [4.78, 5) is 11.7. The summed E-state index contributed by atoms with van der Waals surface area (Å²) in [5, 5.41) is 0. The number of aryl methyl sites for hydroxylation is 3. The lowest BCUT2D eigenvalue weighted by atomic mass is 9.92. The molecule has 6 nitrogen and oxygen atoms in total. The first-order valence-corrected chi connectivity index (χ1v) is 11.7. The molecule has 0 radical (unpaired) electrons. The van der Waals surface area contributed by atoms with Gasteiger partial charge in [-0.3, -0.25) is 0 Å². The molecule has 1 saturated heterocycles. The Morgan fingerprint density at radius 3 is 2.50 bits per heavy atom. The van der Waals surface area contributed by atoms with E-state index < -0.39 is 10.0 Å². The summed E-state index contributed by atoms with van der Waals surface area (Å²) in [5.74, 6) is 0.711. The molecular weight excluding hydrogens is 372 g/mol. The minimum Gasteiger partial charge on any atom is -0.341 e. The van der Waals surface area contributed by atoms with Crippen LogP contribution in [-0.2, 0) is 29.4 Å². The molecule has 0 atom stereocenters. The number of sulfonamides is 1. The first-order valence-electron chi connectivity index (χ1n) is 10.2. The van der Waals surface area contributed by atoms with E-state index in [9.17, 15) is 8.42 Å². The fraction of sp³-hybridized carbons (Fsp3) is 0.524. The average molecular weight is 401 g/mol. The average Bonchev–Trinajstić information content (AvgIpc) is 2.72. The number of nitrogens with one attached hydrogen (secondary N) is 1. The Balaban J connectivity index is 1.49. The van der Waals surface area contributed by atoms with Crippen LogP contribution in [0, 0.1) is 6.92 Å². The monoisotopic (exact) mass is 400 g/mol. The predicted molar refractivity (Wildman–Crippen MR) is 110 cm³/mol. The molecule has 2 heterocycles. The summed E-state index contributed by atoms with van der Waals surface area (Å²) in [6.45, 7) is 4.02. The molecule has 1 aromatic carbocycles. The zero-order valence-corrected chi connectivity index (χ0v) is 17.3. The van der Waals surface area contributed by atoms with Crippen LogP contribution in [0.1, 0.15) is 54.6 Å². The zero-order chi connectivity index (χ0) is 19.6. The maximum absolute atomic E-state index is 12.8. The molecule has 28 heavy (non-hydrogen) atoms. The second-order valence-electron chi connectivity index (χ2n) is 7.81. The number of rotatable bonds is 5. The van der Waals surface area contributed by atoms with Crippen molar-refractivity contribution in [3.05, 3.63) is 46.8 Å². The minimum absolute atomic E-state index is 0.170. The molecule has 0 spiro atoms. The Hall–Kier alpha value is -1.99. The van der Waals surface area contributed by atoms with Crippen LogP contribution < -0.4 is 9.62 Å². The number of nitrogens with zero attached hydrogens (tertiary/aromatic N) is 3. The van der Waals surface area contributed by atoms with Crippen molar-refractivity contribution in [1.29, 1.82) is 0 Å². The highest BCUT2D eigenvalue weighted by atomic mass is 32.2. The Bertz CT molecular complexity index is 953. The van der Waals surface area contributed by atoms with Gasteiger partial charge in [0.25, 0.3) is 0 Å². The Morgan fingerprint density at radius 1 is 0.964 bits per heavy atom. The number of hydrogen-bond acceptors (Lipinski definition) is 5. The number of anilines is 1. The van der Waals surface area contributed by atoms with Gasteiger partial charge in [-0.15, -0.1) is 0 Å². The number of aromatic nitrogens is 2. The van der Waals surface area contributed by atoms with E-state index >= 15 is 0 Å². The highest BCUT2D eigenvalue weighted by Crippen LogP contribution is 2.24. The maximum Gasteiger partial charge on any atom is 0.240 e. The van der Waals surface area contributed by atoms with E-state index in [1.165, 1.54) is 24.0 Å². The molecule has 1 fully saturated rings. The quantitative estimate of drug-likeness (QED) is 0.835. The highest BCUT2D eigenvalue weighted by molar-refractivity contribution is 7.89. The molecule has 0 bridgehead atoms. The van der Waals surface area contributed by atoms with E-state index in [-0.39, 0.29) is 6.54 Å². The van der Waals surface area contributed by atoms with Crippen molar-refractivity contribution in [2.24, 2.45) is 0 Å². The van der Waals surface area contributed by atoms with Crippen molar-refractivity contribution in [3.63, 3.8) is 0 Å². The van der Waals surface area contributed by atoms with E-state index in [0.29, 0.717) is 16.5 Å². The van der Waals surface area contributed by atoms with Crippen LogP contribution >= 0.6 is 0 Å². The van der Waals surface area contributed by atoms with Crippen molar-refractivity contribution < 1.29 is 8.42 Å². The fourth-order valence-corrected chi connectivity index (χ4v) is 5.12. The van der Waals surface area contributed by atoms with Crippen LogP contribution in [0.4, 0.5) is 5.95 Å². The SMILES string of the molecule is Cc1cc(CNS(=O)(=O)c2ccc3c(c2)CCCC3)nc(N2CCCCC2)n1. The van der Waals surface area contributed by atoms with Crippen molar-refractivity contribution in [2.75, 3.05) is 18.0 Å². The van der Waals surface area contributed by atoms with E-state index in [1.54, 1.807) is 6.07 Å². The Labute approximate surface area is 167 Å². The predicted octanol–water partition coefficient (Wildman–Crippen LogP) is 3.13. The molecule has 1 N–H and O–H groups in total. The van der Waals surface area contributed by atoms with Gasteiger partial charge in [0.05, 0.1) is 17.1 Å². The highest BCUT2D eigenvalue weighted by Gasteiger charge is 2.19. The largest absolute Gasteiger partial charge is 0.341 e. The molecular formula is C21H28N4O2S. The molecule has 0 unspecified atom stereocenters. The minimum atomic E-state index is -3.57. The number of piperidine rings is 1. The summed E-state index contributed by atoms with van der Waals surface area (Å²) < 4.78 is 28.3. The summed E-state index contributed by atoms with van der Waals surface area (Å²) in [6, 6.07) is 7.37. The van der Waals surface area contributed by atoms with E-state index in [0.717, 1.165) is 50.9 Å². The van der Waals surface area contributed by atoms with Gasteiger partial charge in [0.1, 0.15) is 0 Å². The molecule has 2 aromatic rings. The number of benzene rings is 1. The van der Waals surface area contributed by atoms with Crippen LogP contribution in [-0.4, -0.2) is 31.5 Å². The summed E-state index contributed by atoms with van der Waals surface area (Å²) in [5.41, 5.74) is 4.01. The summed E-state index contributed by atoms with van der Waals surface area (Å²) in [7, 11) is -3.57.